The van der Waals surface area contributed by atoms with Gasteiger partial charge in [-0.3, -0.25) is 0 Å². The number of nitrogens with zero attached hydrogens (tertiary/aromatic N) is 1. The summed E-state index contributed by atoms with van der Waals surface area (Å²) in [5.41, 5.74) is 0. The predicted octanol–water partition coefficient (Wildman–Crippen LogP) is 0.700. The highest BCUT2D eigenvalue weighted by Crippen LogP contribution is 2.25. The van der Waals surface area contributed by atoms with Crippen molar-refractivity contribution < 1.29 is 9.47 Å². The van der Waals surface area contributed by atoms with Crippen LogP contribution in [0.2, 0.25) is 0 Å². The van der Waals surface area contributed by atoms with E-state index in [0.29, 0.717) is 6.10 Å². The molecule has 0 N–H and O–H groups in total. The molecule has 1 rings (SSSR count). The smallest absolute Gasteiger partial charge is 0.184 e. The molecule has 0 radical (unpaired) electrons. The Labute approximate surface area is 68.3 Å². The molecular weight excluding hydrogens is 142 g/mol. The Morgan fingerprint density at radius 2 is 2.18 bits per heavy atom. The molecular formula is C8H17NO2. The summed E-state index contributed by atoms with van der Waals surface area (Å²) in [7, 11) is 4.14. The molecule has 3 nitrogen and oxygen atoms in total. The Kier molecular flexibility index (Phi) is 3.30. The molecule has 1 fully saturated rings. The van der Waals surface area contributed by atoms with Crippen molar-refractivity contribution in [3.05, 3.63) is 0 Å². The van der Waals surface area contributed by atoms with Gasteiger partial charge in [0.1, 0.15) is 6.10 Å². The summed E-state index contributed by atoms with van der Waals surface area (Å²) in [4.78, 5) is 2.16. The number of hydrogen-bond donors (Lipinski definition) is 0. The van der Waals surface area contributed by atoms with Crippen LogP contribution in [0, 0.1) is 0 Å². The zero-order valence-corrected chi connectivity index (χ0v) is 7.54. The van der Waals surface area contributed by atoms with E-state index < -0.39 is 0 Å². The predicted molar refractivity (Wildman–Crippen MR) is 43.5 cm³/mol. The summed E-state index contributed by atoms with van der Waals surface area (Å²) >= 11 is 0. The minimum Gasteiger partial charge on any atom is -0.350 e. The highest BCUT2D eigenvalue weighted by Gasteiger charge is 2.38. The Hall–Kier alpha value is -0.120. The lowest BCUT2D eigenvalue weighted by Gasteiger charge is -2.06. The first-order valence-electron chi connectivity index (χ1n) is 4.16. The SMILES string of the molecule is CCOC1O[C@@H]1CCN(C)C. The van der Waals surface area contributed by atoms with Crippen LogP contribution >= 0.6 is 0 Å². The van der Waals surface area contributed by atoms with Crippen LogP contribution in [0.15, 0.2) is 0 Å². The molecule has 66 valence electrons. The van der Waals surface area contributed by atoms with Gasteiger partial charge in [-0.25, -0.2) is 0 Å². The van der Waals surface area contributed by atoms with E-state index in [1.807, 2.05) is 6.92 Å². The maximum absolute atomic E-state index is 5.26. The van der Waals surface area contributed by atoms with Crippen LogP contribution in [-0.4, -0.2) is 44.5 Å². The van der Waals surface area contributed by atoms with Gasteiger partial charge < -0.3 is 14.4 Å². The Morgan fingerprint density at radius 3 is 2.73 bits per heavy atom. The van der Waals surface area contributed by atoms with E-state index in [9.17, 15) is 0 Å². The molecule has 2 atom stereocenters. The molecule has 0 aliphatic carbocycles. The fourth-order valence-corrected chi connectivity index (χ4v) is 1.03. The molecule has 0 bridgehead atoms. The van der Waals surface area contributed by atoms with Gasteiger partial charge in [0.2, 0.25) is 0 Å². The summed E-state index contributed by atoms with van der Waals surface area (Å²) in [6.07, 6.45) is 1.54. The first kappa shape index (κ1) is 8.97. The van der Waals surface area contributed by atoms with Gasteiger partial charge in [0, 0.05) is 13.2 Å². The zero-order valence-electron chi connectivity index (χ0n) is 7.54. The normalized spacial score (nSPS) is 29.5. The van der Waals surface area contributed by atoms with Crippen LogP contribution in [0.5, 0.6) is 0 Å². The van der Waals surface area contributed by atoms with Crippen molar-refractivity contribution in [1.82, 2.24) is 4.90 Å². The van der Waals surface area contributed by atoms with E-state index in [0.717, 1.165) is 19.6 Å². The second-order valence-corrected chi connectivity index (χ2v) is 3.09. The van der Waals surface area contributed by atoms with Crippen molar-refractivity contribution in [3.63, 3.8) is 0 Å². The lowest BCUT2D eigenvalue weighted by Crippen LogP contribution is -2.15. The minimum absolute atomic E-state index is 0.0972. The van der Waals surface area contributed by atoms with Gasteiger partial charge in [0.25, 0.3) is 0 Å². The second-order valence-electron chi connectivity index (χ2n) is 3.09. The summed E-state index contributed by atoms with van der Waals surface area (Å²) in [6, 6.07) is 0. The number of epoxide rings is 1. The molecule has 1 heterocycles. The van der Waals surface area contributed by atoms with Crippen molar-refractivity contribution >= 4 is 0 Å². The molecule has 0 spiro atoms. The minimum atomic E-state index is 0.0972. The van der Waals surface area contributed by atoms with Crippen LogP contribution in [0.25, 0.3) is 0 Å². The molecule has 0 saturated carbocycles. The third kappa shape index (κ3) is 3.18. The topological polar surface area (TPSA) is 25.0 Å². The summed E-state index contributed by atoms with van der Waals surface area (Å²) < 4.78 is 10.5. The van der Waals surface area contributed by atoms with Gasteiger partial charge in [-0.2, -0.15) is 0 Å². The van der Waals surface area contributed by atoms with Crippen LogP contribution in [0.3, 0.4) is 0 Å². The van der Waals surface area contributed by atoms with Crippen molar-refractivity contribution in [2.24, 2.45) is 0 Å². The molecule has 0 aromatic carbocycles. The maximum atomic E-state index is 5.26. The van der Waals surface area contributed by atoms with Crippen LogP contribution in [-0.2, 0) is 9.47 Å². The largest absolute Gasteiger partial charge is 0.350 e. The van der Waals surface area contributed by atoms with Crippen LogP contribution < -0.4 is 0 Å². The first-order valence-corrected chi connectivity index (χ1v) is 4.16. The summed E-state index contributed by atoms with van der Waals surface area (Å²) in [6.45, 7) is 3.82. The molecule has 0 aromatic heterocycles. The first-order chi connectivity index (χ1) is 5.24. The lowest BCUT2D eigenvalue weighted by molar-refractivity contribution is 0.0593. The van der Waals surface area contributed by atoms with E-state index >= 15 is 0 Å². The maximum Gasteiger partial charge on any atom is 0.184 e. The van der Waals surface area contributed by atoms with Gasteiger partial charge in [-0.1, -0.05) is 0 Å². The number of hydrogen-bond acceptors (Lipinski definition) is 3. The molecule has 3 heteroatoms. The summed E-state index contributed by atoms with van der Waals surface area (Å²) in [5.74, 6) is 0. The average Bonchev–Trinajstić information content (AvgIpc) is 2.64. The lowest BCUT2D eigenvalue weighted by atomic mass is 10.3. The number of rotatable bonds is 5. The third-order valence-electron chi connectivity index (χ3n) is 1.73. The van der Waals surface area contributed by atoms with Crippen molar-refractivity contribution in [2.75, 3.05) is 27.2 Å². The summed E-state index contributed by atoms with van der Waals surface area (Å²) in [5, 5.41) is 0. The average molecular weight is 159 g/mol. The van der Waals surface area contributed by atoms with Gasteiger partial charge in [0.15, 0.2) is 6.29 Å². The highest BCUT2D eigenvalue weighted by molar-refractivity contribution is 4.77. The second kappa shape index (κ2) is 4.04. The molecule has 1 aliphatic rings. The van der Waals surface area contributed by atoms with E-state index in [4.69, 9.17) is 9.47 Å². The van der Waals surface area contributed by atoms with Gasteiger partial charge in [-0.05, 0) is 27.4 Å². The molecule has 1 unspecified atom stereocenters. The monoisotopic (exact) mass is 159 g/mol. The zero-order chi connectivity index (χ0) is 8.27. The number of ether oxygens (including phenoxy) is 2. The Balaban J connectivity index is 1.95. The van der Waals surface area contributed by atoms with Gasteiger partial charge >= 0.3 is 0 Å². The third-order valence-corrected chi connectivity index (χ3v) is 1.73. The van der Waals surface area contributed by atoms with Crippen molar-refractivity contribution in [1.29, 1.82) is 0 Å². The fraction of sp³-hybridized carbons (Fsp3) is 1.00. The molecule has 11 heavy (non-hydrogen) atoms. The van der Waals surface area contributed by atoms with E-state index in [-0.39, 0.29) is 6.29 Å². The van der Waals surface area contributed by atoms with E-state index in [2.05, 4.69) is 19.0 Å². The Morgan fingerprint density at radius 1 is 1.45 bits per heavy atom. The quantitative estimate of drug-likeness (QED) is 0.552. The molecule has 0 aromatic rings. The highest BCUT2D eigenvalue weighted by atomic mass is 16.8. The van der Waals surface area contributed by atoms with Gasteiger partial charge in [-0.15, -0.1) is 0 Å². The standard InChI is InChI=1S/C8H17NO2/c1-4-10-8-7(11-8)5-6-9(2)3/h7-8H,4-6H2,1-3H3/t7-,8?/m1/s1. The van der Waals surface area contributed by atoms with Gasteiger partial charge in [0.05, 0.1) is 0 Å². The van der Waals surface area contributed by atoms with Crippen LogP contribution in [0.1, 0.15) is 13.3 Å². The molecule has 1 aliphatic heterocycles. The molecule has 0 amide bonds. The van der Waals surface area contributed by atoms with Crippen molar-refractivity contribution in [3.8, 4) is 0 Å². The van der Waals surface area contributed by atoms with Crippen LogP contribution in [0.4, 0.5) is 0 Å². The fourth-order valence-electron chi connectivity index (χ4n) is 1.03. The van der Waals surface area contributed by atoms with E-state index in [1.54, 1.807) is 0 Å². The Bertz CT molecular complexity index is 117. The van der Waals surface area contributed by atoms with Crippen molar-refractivity contribution in [2.45, 2.75) is 25.7 Å². The molecule has 1 saturated heterocycles. The van der Waals surface area contributed by atoms with E-state index in [1.165, 1.54) is 0 Å².